The van der Waals surface area contributed by atoms with E-state index in [9.17, 15) is 9.90 Å². The molecular weight excluding hydrogens is 220 g/mol. The van der Waals surface area contributed by atoms with Crippen LogP contribution in [0.1, 0.15) is 25.0 Å². The Morgan fingerprint density at radius 3 is 2.59 bits per heavy atom. The number of phenolic OH excluding ortho intramolecular Hbond substituents is 1. The number of phenols is 1. The van der Waals surface area contributed by atoms with E-state index in [4.69, 9.17) is 9.84 Å². The van der Waals surface area contributed by atoms with E-state index in [1.807, 2.05) is 13.0 Å². The maximum absolute atomic E-state index is 10.9. The first-order valence-electron chi connectivity index (χ1n) is 5.61. The van der Waals surface area contributed by atoms with Crippen molar-refractivity contribution < 1.29 is 19.7 Å². The molecule has 1 atom stereocenters. The molecule has 0 saturated heterocycles. The first-order chi connectivity index (χ1) is 8.01. The zero-order valence-corrected chi connectivity index (χ0v) is 10.4. The van der Waals surface area contributed by atoms with Crippen LogP contribution in [-0.4, -0.2) is 23.3 Å². The predicted octanol–water partition coefficient (Wildman–Crippen LogP) is 2.23. The van der Waals surface area contributed by atoms with Gasteiger partial charge >= 0.3 is 5.97 Å². The standard InChI is InChI=1S/C13H18O4/c1-4-9-5-6-11(17-3)12(14)10(9)7-8(2)13(15)16/h5-6,8,14H,4,7H2,1-3H3,(H,15,16). The first kappa shape index (κ1) is 13.4. The van der Waals surface area contributed by atoms with Gasteiger partial charge in [-0.25, -0.2) is 0 Å². The molecule has 0 aliphatic rings. The monoisotopic (exact) mass is 238 g/mol. The number of hydrogen-bond acceptors (Lipinski definition) is 3. The van der Waals surface area contributed by atoms with Crippen LogP contribution in [0.2, 0.25) is 0 Å². The number of aryl methyl sites for hydroxylation is 1. The summed E-state index contributed by atoms with van der Waals surface area (Å²) in [6.07, 6.45) is 1.06. The molecule has 0 heterocycles. The van der Waals surface area contributed by atoms with Crippen molar-refractivity contribution in [1.82, 2.24) is 0 Å². The van der Waals surface area contributed by atoms with Crippen molar-refractivity contribution in [1.29, 1.82) is 0 Å². The summed E-state index contributed by atoms with van der Waals surface area (Å²) in [6, 6.07) is 3.56. The number of carboxylic acids is 1. The lowest BCUT2D eigenvalue weighted by molar-refractivity contribution is -0.141. The molecule has 4 nitrogen and oxygen atoms in total. The molecule has 4 heteroatoms. The number of hydrogen-bond donors (Lipinski definition) is 2. The highest BCUT2D eigenvalue weighted by Crippen LogP contribution is 2.34. The molecule has 1 rings (SSSR count). The molecule has 0 bridgehead atoms. The molecule has 0 saturated carbocycles. The molecule has 2 N–H and O–H groups in total. The molecule has 17 heavy (non-hydrogen) atoms. The quantitative estimate of drug-likeness (QED) is 0.825. The summed E-state index contributed by atoms with van der Waals surface area (Å²) in [7, 11) is 1.48. The van der Waals surface area contributed by atoms with Crippen molar-refractivity contribution in [3.63, 3.8) is 0 Å². The fraction of sp³-hybridized carbons (Fsp3) is 0.462. The van der Waals surface area contributed by atoms with E-state index in [0.29, 0.717) is 17.7 Å². The number of methoxy groups -OCH3 is 1. The summed E-state index contributed by atoms with van der Waals surface area (Å²) in [5.41, 5.74) is 1.62. The van der Waals surface area contributed by atoms with E-state index < -0.39 is 11.9 Å². The van der Waals surface area contributed by atoms with E-state index in [0.717, 1.165) is 12.0 Å². The third-order valence-corrected chi connectivity index (χ3v) is 2.88. The number of aromatic hydroxyl groups is 1. The summed E-state index contributed by atoms with van der Waals surface area (Å²) in [4.78, 5) is 10.9. The fourth-order valence-corrected chi connectivity index (χ4v) is 1.77. The average Bonchev–Trinajstić information content (AvgIpc) is 2.31. The number of ether oxygens (including phenoxy) is 1. The minimum atomic E-state index is -0.866. The minimum absolute atomic E-state index is 0.0555. The maximum atomic E-state index is 10.9. The highest BCUT2D eigenvalue weighted by atomic mass is 16.5. The highest BCUT2D eigenvalue weighted by molar-refractivity contribution is 5.70. The molecule has 0 aliphatic carbocycles. The van der Waals surface area contributed by atoms with Crippen LogP contribution < -0.4 is 4.74 Å². The van der Waals surface area contributed by atoms with Gasteiger partial charge in [0.2, 0.25) is 0 Å². The van der Waals surface area contributed by atoms with Crippen LogP contribution in [0.3, 0.4) is 0 Å². The van der Waals surface area contributed by atoms with E-state index in [-0.39, 0.29) is 5.75 Å². The molecule has 0 aliphatic heterocycles. The van der Waals surface area contributed by atoms with Crippen molar-refractivity contribution in [3.8, 4) is 11.5 Å². The Bertz CT molecular complexity index is 412. The molecule has 1 aromatic rings. The van der Waals surface area contributed by atoms with E-state index in [2.05, 4.69) is 0 Å². The Kier molecular flexibility index (Phi) is 4.37. The Morgan fingerprint density at radius 1 is 1.47 bits per heavy atom. The highest BCUT2D eigenvalue weighted by Gasteiger charge is 2.18. The van der Waals surface area contributed by atoms with Gasteiger partial charge < -0.3 is 14.9 Å². The van der Waals surface area contributed by atoms with Gasteiger partial charge in [-0.15, -0.1) is 0 Å². The number of carboxylic acid groups (broad SMARTS) is 1. The molecule has 1 aromatic carbocycles. The van der Waals surface area contributed by atoms with Crippen LogP contribution in [-0.2, 0) is 17.6 Å². The normalized spacial score (nSPS) is 12.2. The molecule has 0 radical (unpaired) electrons. The first-order valence-corrected chi connectivity index (χ1v) is 5.61. The molecular formula is C13H18O4. The Labute approximate surface area is 101 Å². The van der Waals surface area contributed by atoms with Crippen molar-refractivity contribution in [2.45, 2.75) is 26.7 Å². The van der Waals surface area contributed by atoms with E-state index >= 15 is 0 Å². The van der Waals surface area contributed by atoms with Gasteiger partial charge in [0, 0.05) is 5.56 Å². The predicted molar refractivity (Wildman–Crippen MR) is 64.5 cm³/mol. The van der Waals surface area contributed by atoms with Gasteiger partial charge in [0.1, 0.15) is 0 Å². The maximum Gasteiger partial charge on any atom is 0.306 e. The Balaban J connectivity index is 3.14. The van der Waals surface area contributed by atoms with E-state index in [1.54, 1.807) is 13.0 Å². The van der Waals surface area contributed by atoms with Gasteiger partial charge in [0.15, 0.2) is 11.5 Å². The SMILES string of the molecule is CCc1ccc(OC)c(O)c1CC(C)C(=O)O. The summed E-state index contributed by atoms with van der Waals surface area (Å²) in [5.74, 6) is -0.956. The Morgan fingerprint density at radius 2 is 2.12 bits per heavy atom. The number of rotatable bonds is 5. The molecule has 0 fully saturated rings. The molecule has 1 unspecified atom stereocenters. The number of aliphatic carboxylic acids is 1. The lowest BCUT2D eigenvalue weighted by atomic mass is 9.94. The third-order valence-electron chi connectivity index (χ3n) is 2.88. The minimum Gasteiger partial charge on any atom is -0.504 e. The lowest BCUT2D eigenvalue weighted by Crippen LogP contribution is -2.13. The van der Waals surface area contributed by atoms with Crippen LogP contribution in [0.4, 0.5) is 0 Å². The second kappa shape index (κ2) is 5.57. The van der Waals surface area contributed by atoms with Crippen molar-refractivity contribution >= 4 is 5.97 Å². The van der Waals surface area contributed by atoms with Gasteiger partial charge in [-0.3, -0.25) is 4.79 Å². The second-order valence-electron chi connectivity index (χ2n) is 4.05. The van der Waals surface area contributed by atoms with Crippen molar-refractivity contribution in [2.24, 2.45) is 5.92 Å². The van der Waals surface area contributed by atoms with Gasteiger partial charge in [-0.1, -0.05) is 19.9 Å². The molecule has 0 amide bonds. The van der Waals surface area contributed by atoms with Gasteiger partial charge in [0.05, 0.1) is 13.0 Å². The molecule has 0 spiro atoms. The number of benzene rings is 1. The van der Waals surface area contributed by atoms with Crippen LogP contribution in [0.25, 0.3) is 0 Å². The summed E-state index contributed by atoms with van der Waals surface area (Å²) in [5, 5.41) is 18.9. The zero-order valence-electron chi connectivity index (χ0n) is 10.4. The second-order valence-corrected chi connectivity index (χ2v) is 4.05. The average molecular weight is 238 g/mol. The molecule has 0 aromatic heterocycles. The topological polar surface area (TPSA) is 66.8 Å². The van der Waals surface area contributed by atoms with Crippen LogP contribution in [0.15, 0.2) is 12.1 Å². The smallest absolute Gasteiger partial charge is 0.306 e. The van der Waals surface area contributed by atoms with Crippen molar-refractivity contribution in [3.05, 3.63) is 23.3 Å². The summed E-state index contributed by atoms with van der Waals surface area (Å²) >= 11 is 0. The van der Waals surface area contributed by atoms with Crippen molar-refractivity contribution in [2.75, 3.05) is 7.11 Å². The zero-order chi connectivity index (χ0) is 13.0. The molecule has 94 valence electrons. The largest absolute Gasteiger partial charge is 0.504 e. The summed E-state index contributed by atoms with van der Waals surface area (Å²) in [6.45, 7) is 3.59. The lowest BCUT2D eigenvalue weighted by Gasteiger charge is -2.15. The third kappa shape index (κ3) is 2.90. The van der Waals surface area contributed by atoms with Gasteiger partial charge in [-0.2, -0.15) is 0 Å². The summed E-state index contributed by atoms with van der Waals surface area (Å²) < 4.78 is 5.03. The van der Waals surface area contributed by atoms with Crippen LogP contribution in [0.5, 0.6) is 11.5 Å². The number of carbonyl (C=O) groups is 1. The Hall–Kier alpha value is -1.71. The van der Waals surface area contributed by atoms with Gasteiger partial charge in [-0.05, 0) is 24.5 Å². The van der Waals surface area contributed by atoms with Crippen LogP contribution in [0, 0.1) is 5.92 Å². The van der Waals surface area contributed by atoms with Crippen LogP contribution >= 0.6 is 0 Å². The van der Waals surface area contributed by atoms with Gasteiger partial charge in [0.25, 0.3) is 0 Å². The fourth-order valence-electron chi connectivity index (χ4n) is 1.77. The van der Waals surface area contributed by atoms with E-state index in [1.165, 1.54) is 7.11 Å².